The summed E-state index contributed by atoms with van der Waals surface area (Å²) in [6, 6.07) is 0. The first-order chi connectivity index (χ1) is 11.1. The molecule has 23 heavy (non-hydrogen) atoms. The Balaban J connectivity index is 1.49. The second kappa shape index (κ2) is 5.78. The highest BCUT2D eigenvalue weighted by molar-refractivity contribution is 7.22. The van der Waals surface area contributed by atoms with Crippen molar-refractivity contribution in [3.05, 3.63) is 5.69 Å². The fourth-order valence-corrected chi connectivity index (χ4v) is 4.87. The molecule has 6 nitrogen and oxygen atoms in total. The number of hydrogen-bond donors (Lipinski definition) is 0. The van der Waals surface area contributed by atoms with Crippen LogP contribution in [0.1, 0.15) is 31.4 Å². The maximum absolute atomic E-state index is 11.8. The summed E-state index contributed by atoms with van der Waals surface area (Å²) in [5, 5.41) is 5.54. The first-order valence-corrected chi connectivity index (χ1v) is 9.26. The van der Waals surface area contributed by atoms with Crippen LogP contribution in [0.4, 0.5) is 5.13 Å². The van der Waals surface area contributed by atoms with Gasteiger partial charge in [0.1, 0.15) is 0 Å². The van der Waals surface area contributed by atoms with Crippen molar-refractivity contribution in [3.8, 4) is 0 Å². The highest BCUT2D eigenvalue weighted by Crippen LogP contribution is 2.33. The monoisotopic (exact) mass is 333 g/mol. The molecular formula is C16H23N5OS. The molecule has 4 rings (SSSR count). The maximum atomic E-state index is 11.8. The highest BCUT2D eigenvalue weighted by atomic mass is 32.1. The van der Waals surface area contributed by atoms with Crippen molar-refractivity contribution in [2.24, 2.45) is 13.0 Å². The van der Waals surface area contributed by atoms with Crippen molar-refractivity contribution < 1.29 is 4.79 Å². The molecule has 0 unspecified atom stereocenters. The van der Waals surface area contributed by atoms with Gasteiger partial charge in [-0.25, -0.2) is 9.67 Å². The Hall–Kier alpha value is -1.63. The molecule has 7 heteroatoms. The normalized spacial score (nSPS) is 22.5. The fraction of sp³-hybridized carbons (Fsp3) is 0.688. The molecule has 2 aromatic heterocycles. The van der Waals surface area contributed by atoms with Gasteiger partial charge in [-0.15, -0.1) is 0 Å². The van der Waals surface area contributed by atoms with Crippen LogP contribution in [0.3, 0.4) is 0 Å². The predicted octanol–water partition coefficient (Wildman–Crippen LogP) is 2.18. The Kier molecular flexibility index (Phi) is 3.75. The Morgan fingerprint density at radius 2 is 2.17 bits per heavy atom. The second-order valence-electron chi connectivity index (χ2n) is 6.76. The summed E-state index contributed by atoms with van der Waals surface area (Å²) < 4.78 is 3.06. The summed E-state index contributed by atoms with van der Waals surface area (Å²) in [4.78, 5) is 21.1. The summed E-state index contributed by atoms with van der Waals surface area (Å²) in [7, 11) is 1.96. The number of aromatic nitrogens is 3. The van der Waals surface area contributed by atoms with Gasteiger partial charge in [0, 0.05) is 39.6 Å². The zero-order valence-corrected chi connectivity index (χ0v) is 14.6. The molecule has 1 amide bonds. The number of piperidine rings is 1. The largest absolute Gasteiger partial charge is 0.348 e. The smallest absolute Gasteiger partial charge is 0.222 e. The number of nitrogens with zero attached hydrogens (tertiary/aromatic N) is 5. The van der Waals surface area contributed by atoms with Gasteiger partial charge in [-0.1, -0.05) is 11.3 Å². The minimum atomic E-state index is 0.337. The van der Waals surface area contributed by atoms with Crippen LogP contribution >= 0.6 is 11.3 Å². The number of likely N-dealkylation sites (tertiary alicyclic amines) is 1. The van der Waals surface area contributed by atoms with Crippen molar-refractivity contribution in [2.45, 2.75) is 32.6 Å². The van der Waals surface area contributed by atoms with Crippen molar-refractivity contribution >= 4 is 32.7 Å². The van der Waals surface area contributed by atoms with Gasteiger partial charge in [0.2, 0.25) is 5.91 Å². The summed E-state index contributed by atoms with van der Waals surface area (Å²) in [6.07, 6.45) is 4.16. The van der Waals surface area contributed by atoms with Crippen LogP contribution < -0.4 is 4.90 Å². The molecule has 124 valence electrons. The van der Waals surface area contributed by atoms with Crippen molar-refractivity contribution in [2.75, 3.05) is 31.1 Å². The van der Waals surface area contributed by atoms with Gasteiger partial charge >= 0.3 is 0 Å². The lowest BCUT2D eigenvalue weighted by atomic mass is 9.98. The molecule has 0 saturated carbocycles. The van der Waals surface area contributed by atoms with E-state index in [2.05, 4.69) is 14.9 Å². The minimum absolute atomic E-state index is 0.337. The molecule has 0 bridgehead atoms. The molecule has 2 fully saturated rings. The quantitative estimate of drug-likeness (QED) is 0.864. The Bertz CT molecular complexity index is 702. The van der Waals surface area contributed by atoms with Crippen LogP contribution in [0.15, 0.2) is 0 Å². The summed E-state index contributed by atoms with van der Waals surface area (Å²) in [5.74, 6) is 0.904. The first-order valence-electron chi connectivity index (χ1n) is 8.44. The third-order valence-corrected chi connectivity index (χ3v) is 6.19. The van der Waals surface area contributed by atoms with E-state index in [9.17, 15) is 4.79 Å². The van der Waals surface area contributed by atoms with Crippen LogP contribution in [0.2, 0.25) is 0 Å². The van der Waals surface area contributed by atoms with Crippen LogP contribution in [-0.2, 0) is 11.8 Å². The van der Waals surface area contributed by atoms with Crippen LogP contribution in [0.25, 0.3) is 10.3 Å². The van der Waals surface area contributed by atoms with Gasteiger partial charge < -0.3 is 9.80 Å². The number of carbonyl (C=O) groups excluding carboxylic acids is 1. The van der Waals surface area contributed by atoms with E-state index in [-0.39, 0.29) is 0 Å². The lowest BCUT2D eigenvalue weighted by Gasteiger charge is -2.34. The van der Waals surface area contributed by atoms with E-state index in [0.717, 1.165) is 55.5 Å². The molecule has 4 heterocycles. The Labute approximate surface area is 140 Å². The Morgan fingerprint density at radius 3 is 2.91 bits per heavy atom. The molecule has 2 aliphatic rings. The van der Waals surface area contributed by atoms with Gasteiger partial charge in [-0.2, -0.15) is 5.10 Å². The summed E-state index contributed by atoms with van der Waals surface area (Å²) in [5.41, 5.74) is 2.04. The van der Waals surface area contributed by atoms with Crippen molar-refractivity contribution in [1.29, 1.82) is 0 Å². The molecular weight excluding hydrogens is 310 g/mol. The number of fused-ring (bicyclic) bond motifs is 1. The van der Waals surface area contributed by atoms with Crippen LogP contribution in [-0.4, -0.2) is 51.8 Å². The standard InChI is InChI=1S/C16H23N5OS/c1-11-14-15(19(2)18-11)17-16(23-14)21-8-3-5-12(10-21)9-20-7-4-6-13(20)22/h12H,3-10H2,1-2H3/t12-/m1/s1. The van der Waals surface area contributed by atoms with E-state index in [1.54, 1.807) is 11.3 Å². The van der Waals surface area contributed by atoms with E-state index in [4.69, 9.17) is 4.98 Å². The SMILES string of the molecule is Cc1nn(C)c2nc(N3CCC[C@H](CN4CCCC4=O)C3)sc12. The van der Waals surface area contributed by atoms with Gasteiger partial charge in [-0.3, -0.25) is 4.79 Å². The number of anilines is 1. The Morgan fingerprint density at radius 1 is 1.30 bits per heavy atom. The number of amides is 1. The number of aryl methyl sites for hydroxylation is 2. The third-order valence-electron chi connectivity index (χ3n) is 4.97. The van der Waals surface area contributed by atoms with Crippen molar-refractivity contribution in [1.82, 2.24) is 19.7 Å². The fourth-order valence-electron chi connectivity index (χ4n) is 3.81. The molecule has 0 radical (unpaired) electrons. The highest BCUT2D eigenvalue weighted by Gasteiger charge is 2.28. The average Bonchev–Trinajstić information content (AvgIpc) is 3.20. The van der Waals surface area contributed by atoms with Gasteiger partial charge in [-0.05, 0) is 32.1 Å². The molecule has 2 saturated heterocycles. The zero-order chi connectivity index (χ0) is 16.0. The molecule has 2 aromatic rings. The van der Waals surface area contributed by atoms with E-state index >= 15 is 0 Å². The van der Waals surface area contributed by atoms with Crippen molar-refractivity contribution in [3.63, 3.8) is 0 Å². The average molecular weight is 333 g/mol. The summed E-state index contributed by atoms with van der Waals surface area (Å²) in [6.45, 7) is 5.98. The summed E-state index contributed by atoms with van der Waals surface area (Å²) >= 11 is 1.75. The maximum Gasteiger partial charge on any atom is 0.222 e. The molecule has 0 aliphatic carbocycles. The molecule has 2 aliphatic heterocycles. The van der Waals surface area contributed by atoms with Gasteiger partial charge in [0.25, 0.3) is 0 Å². The van der Waals surface area contributed by atoms with E-state index in [0.29, 0.717) is 11.8 Å². The zero-order valence-electron chi connectivity index (χ0n) is 13.8. The molecule has 0 spiro atoms. The molecule has 0 aromatic carbocycles. The first kappa shape index (κ1) is 14.9. The topological polar surface area (TPSA) is 54.3 Å². The number of carbonyl (C=O) groups is 1. The lowest BCUT2D eigenvalue weighted by molar-refractivity contribution is -0.128. The van der Waals surface area contributed by atoms with E-state index < -0.39 is 0 Å². The molecule has 1 atom stereocenters. The van der Waals surface area contributed by atoms with Crippen LogP contribution in [0, 0.1) is 12.8 Å². The minimum Gasteiger partial charge on any atom is -0.348 e. The van der Waals surface area contributed by atoms with Gasteiger partial charge in [0.05, 0.1) is 10.4 Å². The lowest BCUT2D eigenvalue weighted by Crippen LogP contribution is -2.41. The third kappa shape index (κ3) is 2.71. The van der Waals surface area contributed by atoms with E-state index in [1.165, 1.54) is 17.5 Å². The number of hydrogen-bond acceptors (Lipinski definition) is 5. The van der Waals surface area contributed by atoms with Gasteiger partial charge in [0.15, 0.2) is 10.8 Å². The number of rotatable bonds is 3. The molecule has 0 N–H and O–H groups in total. The second-order valence-corrected chi connectivity index (χ2v) is 7.73. The van der Waals surface area contributed by atoms with Crippen LogP contribution in [0.5, 0.6) is 0 Å². The van der Waals surface area contributed by atoms with E-state index in [1.807, 2.05) is 18.7 Å². The predicted molar refractivity (Wildman–Crippen MR) is 91.9 cm³/mol. The number of thiazole rings is 1.